The van der Waals surface area contributed by atoms with E-state index < -0.39 is 10.1 Å². The Morgan fingerprint density at radius 2 is 1.86 bits per heavy atom. The third-order valence-electron chi connectivity index (χ3n) is 1.58. The molecule has 1 rings (SSSR count). The summed E-state index contributed by atoms with van der Waals surface area (Å²) < 4.78 is 30.1. The summed E-state index contributed by atoms with van der Waals surface area (Å²) in [6, 6.07) is 9.03. The molecule has 0 bridgehead atoms. The Hall–Kier alpha value is 0.169. The van der Waals surface area contributed by atoms with Gasteiger partial charge in [0.2, 0.25) is 0 Å². The third-order valence-corrected chi connectivity index (χ3v) is 4.34. The van der Waals surface area contributed by atoms with Crippen molar-refractivity contribution in [1.82, 2.24) is 0 Å². The van der Waals surface area contributed by atoms with E-state index in [-0.39, 0.29) is 29.7 Å². The zero-order valence-corrected chi connectivity index (χ0v) is 12.1. The second-order valence-electron chi connectivity index (χ2n) is 2.64. The average Bonchev–Trinajstić information content (AvgIpc) is 2.04. The van der Waals surface area contributed by atoms with E-state index in [2.05, 4.69) is 0 Å². The molecule has 0 saturated heterocycles. The number of hydrogen-bond acceptors (Lipinski definition) is 2. The minimum absolute atomic E-state index is 0. The van der Waals surface area contributed by atoms with Crippen LogP contribution in [0.5, 0.6) is 0 Å². The predicted molar refractivity (Wildman–Crippen MR) is 62.5 cm³/mol. The van der Waals surface area contributed by atoms with Gasteiger partial charge in [0.25, 0.3) is 26.4 Å². The molecular weight excluding hydrogens is 227 g/mol. The fourth-order valence-electron chi connectivity index (χ4n) is 0.858. The minimum atomic E-state index is -3.98. The summed E-state index contributed by atoms with van der Waals surface area (Å²) in [5.74, 6) is 0. The number of benzene rings is 1. The van der Waals surface area contributed by atoms with Crippen LogP contribution in [0.2, 0.25) is 0 Å². The summed E-state index contributed by atoms with van der Waals surface area (Å²) in [7, 11) is -3.98. The molecule has 0 radical (unpaired) electrons. The van der Waals surface area contributed by atoms with Crippen molar-refractivity contribution in [2.75, 3.05) is 0 Å². The average molecular weight is 239 g/mol. The van der Waals surface area contributed by atoms with Gasteiger partial charge in [-0.2, -0.15) is 8.42 Å². The number of rotatable bonds is 2. The van der Waals surface area contributed by atoms with E-state index in [1.165, 1.54) is 6.08 Å². The maximum Gasteiger partial charge on any atom is 2.00 e. The maximum atomic E-state index is 10.7. The topological polar surface area (TPSA) is 54.4 Å². The van der Waals surface area contributed by atoms with Crippen LogP contribution >= 0.6 is 0 Å². The molecule has 0 atom stereocenters. The van der Waals surface area contributed by atoms with E-state index in [9.17, 15) is 8.42 Å². The number of hydrogen-bond donors (Lipinski definition) is 1. The van der Waals surface area contributed by atoms with E-state index in [1.54, 1.807) is 12.1 Å². The van der Waals surface area contributed by atoms with Crippen LogP contribution in [0, 0.1) is 0 Å². The molecule has 0 amide bonds. The summed E-state index contributed by atoms with van der Waals surface area (Å²) in [5.41, 5.74) is 0.783. The summed E-state index contributed by atoms with van der Waals surface area (Å²) >= 11 is 0.306. The Morgan fingerprint density at radius 3 is 2.29 bits per heavy atom. The van der Waals surface area contributed by atoms with Crippen LogP contribution in [0.4, 0.5) is 0 Å². The van der Waals surface area contributed by atoms with Crippen LogP contribution in [0.15, 0.2) is 34.1 Å². The second-order valence-corrected chi connectivity index (χ2v) is 6.04. The molecule has 0 aliphatic carbocycles. The van der Waals surface area contributed by atoms with Crippen LogP contribution in [-0.4, -0.2) is 52.3 Å². The third kappa shape index (κ3) is 4.60. The molecule has 0 spiro atoms. The Labute approximate surface area is 111 Å². The van der Waals surface area contributed by atoms with E-state index >= 15 is 0 Å². The first kappa shape index (κ1) is 14.2. The molecule has 1 N–H and O–H groups in total. The molecule has 0 fully saturated rings. The van der Waals surface area contributed by atoms with Crippen molar-refractivity contribution in [2.45, 2.75) is 0 Å². The fourth-order valence-corrected chi connectivity index (χ4v) is 1.48. The second kappa shape index (κ2) is 5.91. The zero-order valence-electron chi connectivity index (χ0n) is 9.84. The SMILES string of the molecule is O=S(=O)(O)[C]([AlH2])=Cc1ccccc1.[H-].[H-].[Mg+2]. The van der Waals surface area contributed by atoms with Crippen molar-refractivity contribution in [1.29, 1.82) is 0 Å². The van der Waals surface area contributed by atoms with Crippen LogP contribution in [-0.2, 0) is 10.1 Å². The van der Waals surface area contributed by atoms with Crippen LogP contribution in [0.3, 0.4) is 0 Å². The predicted octanol–water partition coefficient (Wildman–Crippen LogP) is 0.350. The monoisotopic (exact) mass is 238 g/mol. The van der Waals surface area contributed by atoms with Crippen LogP contribution in [0.1, 0.15) is 8.42 Å². The van der Waals surface area contributed by atoms with Crippen molar-refractivity contribution in [3.63, 3.8) is 0 Å². The van der Waals surface area contributed by atoms with Crippen LogP contribution < -0.4 is 0 Å². The first-order chi connectivity index (χ1) is 6.00. The molecule has 6 heteroatoms. The van der Waals surface area contributed by atoms with Gasteiger partial charge in [-0.3, -0.25) is 4.55 Å². The molecular formula is C8H11AlMgO3S. The first-order valence-corrected chi connectivity index (χ1v) is 6.15. The molecule has 14 heavy (non-hydrogen) atoms. The summed E-state index contributed by atoms with van der Waals surface area (Å²) in [6.45, 7) is 0. The van der Waals surface area contributed by atoms with Gasteiger partial charge in [-0.15, -0.1) is 0 Å². The molecule has 1 aromatic carbocycles. The Bertz CT molecular complexity index is 422. The van der Waals surface area contributed by atoms with E-state index in [0.29, 0.717) is 16.3 Å². The standard InChI is InChI=1S/C8H7O3S.Al.Mg.4H/c9-12(10,11)7-6-8-4-2-1-3-5-8;;;;;;/h1-6H,(H,9,10,11);;;;;;/q;;+2;;;2*-1. The van der Waals surface area contributed by atoms with Gasteiger partial charge in [0, 0.05) is 0 Å². The van der Waals surface area contributed by atoms with Gasteiger partial charge in [-0.1, -0.05) is 36.4 Å². The van der Waals surface area contributed by atoms with E-state index in [1.807, 2.05) is 18.2 Å². The van der Waals surface area contributed by atoms with Gasteiger partial charge < -0.3 is 2.85 Å². The fraction of sp³-hybridized carbons (Fsp3) is 0. The Balaban J connectivity index is -0.000000563. The van der Waals surface area contributed by atoms with Gasteiger partial charge in [0.1, 0.15) is 0 Å². The molecule has 3 nitrogen and oxygen atoms in total. The van der Waals surface area contributed by atoms with E-state index in [0.717, 1.165) is 5.56 Å². The quantitative estimate of drug-likeness (QED) is 0.598. The zero-order chi connectivity index (χ0) is 9.90. The van der Waals surface area contributed by atoms with Crippen LogP contribution in [0.25, 0.3) is 6.08 Å². The van der Waals surface area contributed by atoms with Crippen molar-refractivity contribution in [3.8, 4) is 0 Å². The molecule has 0 unspecified atom stereocenters. The molecule has 0 aromatic heterocycles. The van der Waals surface area contributed by atoms with Gasteiger partial charge in [-0.25, -0.2) is 0 Å². The van der Waals surface area contributed by atoms with Gasteiger partial charge in [0.05, 0.1) is 0 Å². The normalized spacial score (nSPS) is 11.9. The Kier molecular flexibility index (Phi) is 5.98. The molecule has 1 aromatic rings. The summed E-state index contributed by atoms with van der Waals surface area (Å²) in [4.78, 5) is 0. The smallest absolute Gasteiger partial charge is 1.00 e. The van der Waals surface area contributed by atoms with Crippen molar-refractivity contribution in [2.24, 2.45) is 0 Å². The largest absolute Gasteiger partial charge is 2.00 e. The molecule has 72 valence electrons. The minimum Gasteiger partial charge on any atom is -1.00 e. The van der Waals surface area contributed by atoms with Crippen molar-refractivity contribution < 1.29 is 15.8 Å². The molecule has 0 aliphatic heterocycles. The van der Waals surface area contributed by atoms with Gasteiger partial charge in [0.15, 0.2) is 0 Å². The van der Waals surface area contributed by atoms with Gasteiger partial charge >= 0.3 is 23.1 Å². The summed E-state index contributed by atoms with van der Waals surface area (Å²) in [6.07, 6.45) is 1.47. The van der Waals surface area contributed by atoms with Gasteiger partial charge in [-0.05, 0) is 9.33 Å². The molecule has 0 aliphatic rings. The Morgan fingerprint density at radius 1 is 1.36 bits per heavy atom. The first-order valence-electron chi connectivity index (χ1n) is 3.71. The maximum absolute atomic E-state index is 10.7. The van der Waals surface area contributed by atoms with Crippen molar-refractivity contribution in [3.05, 3.63) is 39.7 Å². The van der Waals surface area contributed by atoms with E-state index in [4.69, 9.17) is 4.55 Å². The summed E-state index contributed by atoms with van der Waals surface area (Å²) in [5, 5.41) is 0. The molecule has 0 heterocycles. The van der Waals surface area contributed by atoms with Crippen molar-refractivity contribution >= 4 is 55.5 Å². The molecule has 0 saturated carbocycles.